The quantitative estimate of drug-likeness (QED) is 0.837. The van der Waals surface area contributed by atoms with Gasteiger partial charge >= 0.3 is 0 Å². The summed E-state index contributed by atoms with van der Waals surface area (Å²) in [7, 11) is 0. The maximum Gasteiger partial charge on any atom is 0.272 e. The van der Waals surface area contributed by atoms with Gasteiger partial charge < -0.3 is 14.5 Å². The first-order valence-electron chi connectivity index (χ1n) is 9.12. The van der Waals surface area contributed by atoms with Gasteiger partial charge in [-0.15, -0.1) is 0 Å². The monoisotopic (exact) mass is 367 g/mol. The van der Waals surface area contributed by atoms with Gasteiger partial charge in [-0.05, 0) is 57.2 Å². The lowest BCUT2D eigenvalue weighted by atomic mass is 10.1. The lowest BCUT2D eigenvalue weighted by Crippen LogP contribution is -2.50. The van der Waals surface area contributed by atoms with Crippen molar-refractivity contribution in [3.05, 3.63) is 59.9 Å². The van der Waals surface area contributed by atoms with Crippen molar-refractivity contribution in [3.63, 3.8) is 0 Å². The van der Waals surface area contributed by atoms with Crippen molar-refractivity contribution < 1.29 is 14.3 Å². The molecule has 0 bridgehead atoms. The van der Waals surface area contributed by atoms with E-state index in [1.54, 1.807) is 46.3 Å². The van der Waals surface area contributed by atoms with Crippen molar-refractivity contribution in [2.24, 2.45) is 0 Å². The fraction of sp³-hybridized carbons (Fsp3) is 0.381. The number of pyridine rings is 1. The molecule has 1 aliphatic heterocycles. The number of rotatable bonds is 3. The second-order valence-corrected chi connectivity index (χ2v) is 7.54. The van der Waals surface area contributed by atoms with Gasteiger partial charge in [0.15, 0.2) is 0 Å². The molecular weight excluding hydrogens is 342 g/mol. The van der Waals surface area contributed by atoms with E-state index in [1.807, 2.05) is 32.9 Å². The number of nitrogens with zero attached hydrogens (tertiary/aromatic N) is 3. The molecule has 2 aromatic rings. The third-order valence-corrected chi connectivity index (χ3v) is 4.26. The fourth-order valence-electron chi connectivity index (χ4n) is 2.97. The molecule has 27 heavy (non-hydrogen) atoms. The van der Waals surface area contributed by atoms with Gasteiger partial charge in [-0.3, -0.25) is 14.6 Å². The number of carbonyl (C=O) groups is 2. The molecule has 1 aromatic heterocycles. The largest absolute Gasteiger partial charge is 0.488 e. The smallest absolute Gasteiger partial charge is 0.272 e. The van der Waals surface area contributed by atoms with Crippen LogP contribution in [0.3, 0.4) is 0 Å². The number of piperazine rings is 1. The summed E-state index contributed by atoms with van der Waals surface area (Å²) in [6.07, 6.45) is 1.61. The van der Waals surface area contributed by atoms with Crippen molar-refractivity contribution in [2.45, 2.75) is 26.4 Å². The fourth-order valence-corrected chi connectivity index (χ4v) is 2.97. The zero-order chi connectivity index (χ0) is 19.4. The van der Waals surface area contributed by atoms with Crippen molar-refractivity contribution in [3.8, 4) is 5.75 Å². The van der Waals surface area contributed by atoms with Gasteiger partial charge in [-0.1, -0.05) is 6.07 Å². The van der Waals surface area contributed by atoms with E-state index in [0.717, 1.165) is 5.75 Å². The predicted molar refractivity (Wildman–Crippen MR) is 103 cm³/mol. The molecule has 3 rings (SSSR count). The van der Waals surface area contributed by atoms with Crippen LogP contribution in [-0.2, 0) is 0 Å². The number of carbonyl (C=O) groups excluding carboxylic acids is 2. The van der Waals surface area contributed by atoms with Crippen LogP contribution in [-0.4, -0.2) is 58.4 Å². The first-order chi connectivity index (χ1) is 12.8. The molecule has 1 aliphatic rings. The van der Waals surface area contributed by atoms with Crippen LogP contribution in [0.25, 0.3) is 0 Å². The van der Waals surface area contributed by atoms with Gasteiger partial charge in [0.2, 0.25) is 0 Å². The first-order valence-corrected chi connectivity index (χ1v) is 9.12. The summed E-state index contributed by atoms with van der Waals surface area (Å²) < 4.78 is 5.79. The Labute approximate surface area is 159 Å². The van der Waals surface area contributed by atoms with Crippen molar-refractivity contribution in [1.29, 1.82) is 0 Å². The van der Waals surface area contributed by atoms with Gasteiger partial charge in [0.1, 0.15) is 17.0 Å². The van der Waals surface area contributed by atoms with E-state index in [4.69, 9.17) is 4.74 Å². The van der Waals surface area contributed by atoms with Crippen LogP contribution in [0.4, 0.5) is 0 Å². The van der Waals surface area contributed by atoms with E-state index < -0.39 is 0 Å². The average molecular weight is 367 g/mol. The molecule has 1 saturated heterocycles. The van der Waals surface area contributed by atoms with E-state index in [0.29, 0.717) is 37.4 Å². The van der Waals surface area contributed by atoms with Crippen molar-refractivity contribution in [1.82, 2.24) is 14.8 Å². The number of benzene rings is 1. The maximum atomic E-state index is 12.7. The molecule has 0 atom stereocenters. The molecule has 0 unspecified atom stereocenters. The van der Waals surface area contributed by atoms with Crippen LogP contribution < -0.4 is 4.74 Å². The number of hydrogen-bond donors (Lipinski definition) is 0. The second-order valence-electron chi connectivity index (χ2n) is 7.54. The molecule has 0 radical (unpaired) electrons. The third kappa shape index (κ3) is 4.84. The molecule has 2 amide bonds. The SMILES string of the molecule is CC(C)(C)Oc1ccc(C(=O)N2CCN(C(=O)c3ccccn3)CC2)cc1. The lowest BCUT2D eigenvalue weighted by molar-refractivity contribution is 0.0532. The molecule has 142 valence electrons. The number of aromatic nitrogens is 1. The van der Waals surface area contributed by atoms with E-state index in [2.05, 4.69) is 4.98 Å². The predicted octanol–water partition coefficient (Wildman–Crippen LogP) is 2.86. The summed E-state index contributed by atoms with van der Waals surface area (Å²) in [6.45, 7) is 7.99. The molecule has 0 saturated carbocycles. The Morgan fingerprint density at radius 2 is 1.48 bits per heavy atom. The van der Waals surface area contributed by atoms with Crippen molar-refractivity contribution in [2.75, 3.05) is 26.2 Å². The van der Waals surface area contributed by atoms with Crippen molar-refractivity contribution >= 4 is 11.8 Å². The maximum absolute atomic E-state index is 12.7. The molecule has 1 fully saturated rings. The lowest BCUT2D eigenvalue weighted by Gasteiger charge is -2.34. The zero-order valence-corrected chi connectivity index (χ0v) is 16.0. The van der Waals surface area contributed by atoms with E-state index in [1.165, 1.54) is 0 Å². The Morgan fingerprint density at radius 1 is 0.889 bits per heavy atom. The minimum Gasteiger partial charge on any atom is -0.488 e. The van der Waals surface area contributed by atoms with Crippen LogP contribution in [0.2, 0.25) is 0 Å². The highest BCUT2D eigenvalue weighted by atomic mass is 16.5. The van der Waals surface area contributed by atoms with Gasteiger partial charge in [0, 0.05) is 37.9 Å². The van der Waals surface area contributed by atoms with E-state index >= 15 is 0 Å². The van der Waals surface area contributed by atoms with E-state index in [-0.39, 0.29) is 17.4 Å². The molecule has 6 nitrogen and oxygen atoms in total. The first kappa shape index (κ1) is 18.9. The summed E-state index contributed by atoms with van der Waals surface area (Å²) >= 11 is 0. The van der Waals surface area contributed by atoms with Crippen LogP contribution in [0.5, 0.6) is 5.75 Å². The summed E-state index contributed by atoms with van der Waals surface area (Å²) in [5.74, 6) is 0.624. The molecular formula is C21H25N3O3. The Kier molecular flexibility index (Phi) is 5.44. The Balaban J connectivity index is 1.57. The summed E-state index contributed by atoms with van der Waals surface area (Å²) in [5, 5.41) is 0. The number of amides is 2. The van der Waals surface area contributed by atoms with E-state index in [9.17, 15) is 9.59 Å². The summed E-state index contributed by atoms with van der Waals surface area (Å²) in [6, 6.07) is 12.5. The summed E-state index contributed by atoms with van der Waals surface area (Å²) in [4.78, 5) is 32.8. The normalized spacial score (nSPS) is 14.8. The molecule has 6 heteroatoms. The minimum atomic E-state index is -0.276. The second kappa shape index (κ2) is 7.78. The Hall–Kier alpha value is -2.89. The third-order valence-electron chi connectivity index (χ3n) is 4.26. The average Bonchev–Trinajstić information content (AvgIpc) is 2.67. The molecule has 2 heterocycles. The molecule has 0 spiro atoms. The van der Waals surface area contributed by atoms with Gasteiger partial charge in [0.25, 0.3) is 11.8 Å². The highest BCUT2D eigenvalue weighted by Crippen LogP contribution is 2.19. The highest BCUT2D eigenvalue weighted by molar-refractivity contribution is 5.95. The Bertz CT molecular complexity index is 790. The molecule has 0 aliphatic carbocycles. The zero-order valence-electron chi connectivity index (χ0n) is 16.0. The molecule has 1 aromatic carbocycles. The van der Waals surface area contributed by atoms with Crippen LogP contribution in [0.15, 0.2) is 48.7 Å². The van der Waals surface area contributed by atoms with Gasteiger partial charge in [-0.25, -0.2) is 0 Å². The van der Waals surface area contributed by atoms with Crippen LogP contribution in [0, 0.1) is 0 Å². The summed E-state index contributed by atoms with van der Waals surface area (Å²) in [5.41, 5.74) is 0.787. The minimum absolute atomic E-state index is 0.0257. The topological polar surface area (TPSA) is 62.7 Å². The van der Waals surface area contributed by atoms with Crippen LogP contribution >= 0.6 is 0 Å². The number of ether oxygens (including phenoxy) is 1. The van der Waals surface area contributed by atoms with Gasteiger partial charge in [0.05, 0.1) is 0 Å². The number of hydrogen-bond acceptors (Lipinski definition) is 4. The highest BCUT2D eigenvalue weighted by Gasteiger charge is 2.26. The molecule has 0 N–H and O–H groups in total. The van der Waals surface area contributed by atoms with Crippen LogP contribution in [0.1, 0.15) is 41.6 Å². The Morgan fingerprint density at radius 3 is 2.00 bits per heavy atom. The standard InChI is InChI=1S/C21H25N3O3/c1-21(2,3)27-17-9-7-16(8-10-17)19(25)23-12-14-24(15-13-23)20(26)18-6-4-5-11-22-18/h4-11H,12-15H2,1-3H3. The van der Waals surface area contributed by atoms with Gasteiger partial charge in [-0.2, -0.15) is 0 Å².